The highest BCUT2D eigenvalue weighted by Gasteiger charge is 2.54. The summed E-state index contributed by atoms with van der Waals surface area (Å²) in [5, 5.41) is 17.1. The SMILES string of the molecule is CC(C)(C(O)C(=O)O)C(F)C(F)(F)F. The maximum Gasteiger partial charge on any atom is 0.420 e. The summed E-state index contributed by atoms with van der Waals surface area (Å²) in [6.07, 6.45) is -11.0. The molecule has 0 amide bonds. The van der Waals surface area contributed by atoms with E-state index in [1.807, 2.05) is 0 Å². The van der Waals surface area contributed by atoms with Crippen molar-refractivity contribution in [2.75, 3.05) is 0 Å². The van der Waals surface area contributed by atoms with E-state index in [4.69, 9.17) is 10.2 Å². The number of rotatable bonds is 3. The predicted molar refractivity (Wildman–Crippen MR) is 38.4 cm³/mol. The van der Waals surface area contributed by atoms with Crippen molar-refractivity contribution in [3.63, 3.8) is 0 Å². The molecular weight excluding hydrogens is 208 g/mol. The van der Waals surface area contributed by atoms with Crippen LogP contribution in [-0.2, 0) is 4.79 Å². The van der Waals surface area contributed by atoms with Crippen LogP contribution in [0.3, 0.4) is 0 Å². The smallest absolute Gasteiger partial charge is 0.420 e. The average molecular weight is 218 g/mol. The van der Waals surface area contributed by atoms with E-state index in [0.29, 0.717) is 13.8 Å². The first-order valence-electron chi connectivity index (χ1n) is 3.63. The number of hydrogen-bond donors (Lipinski definition) is 2. The molecule has 7 heteroatoms. The van der Waals surface area contributed by atoms with Gasteiger partial charge in [0.2, 0.25) is 6.17 Å². The number of carbonyl (C=O) groups is 1. The zero-order chi connectivity index (χ0) is 11.7. The molecule has 0 bridgehead atoms. The standard InChI is InChI=1S/C7H10F4O3/c1-6(2,3(12)4(13)14)5(8)7(9,10)11/h3,5,12H,1-2H3,(H,13,14). The lowest BCUT2D eigenvalue weighted by Crippen LogP contribution is -2.49. The first kappa shape index (κ1) is 13.2. The van der Waals surface area contributed by atoms with Crippen LogP contribution >= 0.6 is 0 Å². The third-order valence-electron chi connectivity index (χ3n) is 1.88. The Morgan fingerprint density at radius 3 is 1.86 bits per heavy atom. The van der Waals surface area contributed by atoms with Crippen molar-refractivity contribution in [1.29, 1.82) is 0 Å². The minimum absolute atomic E-state index is 0.698. The Bertz CT molecular complexity index is 223. The normalized spacial score (nSPS) is 17.6. The zero-order valence-corrected chi connectivity index (χ0v) is 7.47. The molecular formula is C7H10F4O3. The van der Waals surface area contributed by atoms with Gasteiger partial charge in [0.1, 0.15) is 0 Å². The number of aliphatic carboxylic acids is 1. The average Bonchev–Trinajstić information content (AvgIpc) is 1.99. The molecule has 84 valence electrons. The summed E-state index contributed by atoms with van der Waals surface area (Å²) in [5.74, 6) is -1.89. The van der Waals surface area contributed by atoms with E-state index in [0.717, 1.165) is 0 Å². The molecule has 0 aliphatic heterocycles. The van der Waals surface area contributed by atoms with Gasteiger partial charge in [-0.2, -0.15) is 13.2 Å². The van der Waals surface area contributed by atoms with E-state index in [1.165, 1.54) is 0 Å². The second-order valence-corrected chi connectivity index (χ2v) is 3.47. The van der Waals surface area contributed by atoms with Gasteiger partial charge >= 0.3 is 12.1 Å². The molecule has 0 aliphatic carbocycles. The van der Waals surface area contributed by atoms with Crippen LogP contribution in [0.1, 0.15) is 13.8 Å². The molecule has 0 saturated heterocycles. The first-order valence-corrected chi connectivity index (χ1v) is 3.63. The summed E-state index contributed by atoms with van der Waals surface area (Å²) >= 11 is 0. The Hall–Kier alpha value is -0.850. The Kier molecular flexibility index (Phi) is 3.49. The van der Waals surface area contributed by atoms with E-state index in [1.54, 1.807) is 0 Å². The molecule has 0 rings (SSSR count). The molecule has 2 atom stereocenters. The predicted octanol–water partition coefficient (Wildman–Crippen LogP) is 1.36. The molecule has 0 aliphatic rings. The zero-order valence-electron chi connectivity index (χ0n) is 7.47. The minimum Gasteiger partial charge on any atom is -0.479 e. The van der Waals surface area contributed by atoms with Gasteiger partial charge in [0.25, 0.3) is 0 Å². The van der Waals surface area contributed by atoms with Crippen molar-refractivity contribution in [2.45, 2.75) is 32.3 Å². The van der Waals surface area contributed by atoms with Crippen molar-refractivity contribution < 1.29 is 32.6 Å². The van der Waals surface area contributed by atoms with E-state index in [-0.39, 0.29) is 0 Å². The van der Waals surface area contributed by atoms with Crippen LogP contribution < -0.4 is 0 Å². The lowest BCUT2D eigenvalue weighted by atomic mass is 9.81. The first-order chi connectivity index (χ1) is 6.01. The molecule has 0 heterocycles. The topological polar surface area (TPSA) is 57.5 Å². The van der Waals surface area contributed by atoms with Crippen molar-refractivity contribution in [3.8, 4) is 0 Å². The van der Waals surface area contributed by atoms with Gasteiger partial charge in [0.05, 0.1) is 0 Å². The Balaban J connectivity index is 4.86. The lowest BCUT2D eigenvalue weighted by Gasteiger charge is -2.32. The van der Waals surface area contributed by atoms with Crippen molar-refractivity contribution >= 4 is 5.97 Å². The van der Waals surface area contributed by atoms with Gasteiger partial charge in [-0.1, -0.05) is 13.8 Å². The number of carboxylic acid groups (broad SMARTS) is 1. The summed E-state index contributed by atoms with van der Waals surface area (Å²) in [6, 6.07) is 0. The van der Waals surface area contributed by atoms with E-state index in [9.17, 15) is 22.4 Å². The van der Waals surface area contributed by atoms with Gasteiger partial charge in [0.15, 0.2) is 6.10 Å². The molecule has 0 saturated carbocycles. The molecule has 0 aromatic carbocycles. The highest BCUT2D eigenvalue weighted by Crippen LogP contribution is 2.38. The van der Waals surface area contributed by atoms with Crippen LogP contribution in [0.4, 0.5) is 17.6 Å². The van der Waals surface area contributed by atoms with E-state index in [2.05, 4.69) is 0 Å². The van der Waals surface area contributed by atoms with Gasteiger partial charge in [0, 0.05) is 5.41 Å². The van der Waals surface area contributed by atoms with Crippen molar-refractivity contribution in [1.82, 2.24) is 0 Å². The maximum atomic E-state index is 12.8. The largest absolute Gasteiger partial charge is 0.479 e. The molecule has 3 nitrogen and oxygen atoms in total. The van der Waals surface area contributed by atoms with Gasteiger partial charge in [-0.3, -0.25) is 0 Å². The highest BCUT2D eigenvalue weighted by atomic mass is 19.4. The van der Waals surface area contributed by atoms with Gasteiger partial charge < -0.3 is 10.2 Å². The van der Waals surface area contributed by atoms with Crippen molar-refractivity contribution in [2.24, 2.45) is 5.41 Å². The minimum atomic E-state index is -5.18. The molecule has 0 aromatic rings. The van der Waals surface area contributed by atoms with Crippen LogP contribution in [0.2, 0.25) is 0 Å². The molecule has 0 fully saturated rings. The maximum absolute atomic E-state index is 12.8. The van der Waals surface area contributed by atoms with Gasteiger partial charge in [-0.15, -0.1) is 0 Å². The van der Waals surface area contributed by atoms with Crippen LogP contribution in [0, 0.1) is 5.41 Å². The third kappa shape index (κ3) is 2.57. The van der Waals surface area contributed by atoms with Crippen LogP contribution in [0.25, 0.3) is 0 Å². The molecule has 0 aromatic heterocycles. The number of aliphatic hydroxyl groups is 1. The fraction of sp³-hybridized carbons (Fsp3) is 0.857. The van der Waals surface area contributed by atoms with E-state index < -0.39 is 29.8 Å². The monoisotopic (exact) mass is 218 g/mol. The summed E-state index contributed by atoms with van der Waals surface area (Å²) in [7, 11) is 0. The fourth-order valence-corrected chi connectivity index (χ4v) is 0.879. The summed E-state index contributed by atoms with van der Waals surface area (Å²) in [6.45, 7) is 1.40. The second kappa shape index (κ2) is 3.72. The van der Waals surface area contributed by atoms with Crippen LogP contribution in [0.15, 0.2) is 0 Å². The van der Waals surface area contributed by atoms with Crippen LogP contribution in [0.5, 0.6) is 0 Å². The Morgan fingerprint density at radius 1 is 1.29 bits per heavy atom. The fourth-order valence-electron chi connectivity index (χ4n) is 0.879. The number of aliphatic hydroxyl groups excluding tert-OH is 1. The number of carboxylic acids is 1. The van der Waals surface area contributed by atoms with Gasteiger partial charge in [-0.05, 0) is 0 Å². The third-order valence-corrected chi connectivity index (χ3v) is 1.88. The summed E-state index contributed by atoms with van der Waals surface area (Å²) in [5.41, 5.74) is -2.41. The molecule has 0 radical (unpaired) electrons. The quantitative estimate of drug-likeness (QED) is 0.703. The number of hydrogen-bond acceptors (Lipinski definition) is 2. The van der Waals surface area contributed by atoms with Crippen LogP contribution in [-0.4, -0.2) is 34.6 Å². The summed E-state index contributed by atoms with van der Waals surface area (Å²) in [4.78, 5) is 10.2. The molecule has 2 N–H and O–H groups in total. The Morgan fingerprint density at radius 2 is 1.64 bits per heavy atom. The Labute approximate surface area is 77.3 Å². The van der Waals surface area contributed by atoms with E-state index >= 15 is 0 Å². The number of halogens is 4. The number of alkyl halides is 4. The lowest BCUT2D eigenvalue weighted by molar-refractivity contribution is -0.223. The molecule has 14 heavy (non-hydrogen) atoms. The highest BCUT2D eigenvalue weighted by molar-refractivity contribution is 5.73. The molecule has 0 spiro atoms. The second-order valence-electron chi connectivity index (χ2n) is 3.47. The summed E-state index contributed by atoms with van der Waals surface area (Å²) < 4.78 is 48.4. The van der Waals surface area contributed by atoms with Crippen molar-refractivity contribution in [3.05, 3.63) is 0 Å². The molecule has 2 unspecified atom stereocenters. The van der Waals surface area contributed by atoms with Gasteiger partial charge in [-0.25, -0.2) is 9.18 Å².